The Morgan fingerprint density at radius 1 is 0.882 bits per heavy atom. The Morgan fingerprint density at radius 2 is 1.41 bits per heavy atom. The summed E-state index contributed by atoms with van der Waals surface area (Å²) >= 11 is 0. The van der Waals surface area contributed by atoms with Gasteiger partial charge in [0.15, 0.2) is 0 Å². The number of piperazine rings is 1. The first kappa shape index (κ1) is 10.8. The number of rotatable bonds is 2. The maximum atomic E-state index is 3.48. The Labute approximate surface area is 105 Å². The molecule has 0 aromatic heterocycles. The molecule has 5 fully saturated rings. The van der Waals surface area contributed by atoms with Crippen LogP contribution in [0.4, 0.5) is 0 Å². The van der Waals surface area contributed by atoms with Crippen molar-refractivity contribution in [3.05, 3.63) is 0 Å². The minimum absolute atomic E-state index is 0.756. The highest BCUT2D eigenvalue weighted by atomic mass is 15.2. The maximum Gasteiger partial charge on any atom is 0.0108 e. The van der Waals surface area contributed by atoms with E-state index in [2.05, 4.69) is 10.2 Å². The van der Waals surface area contributed by atoms with Crippen LogP contribution in [0.25, 0.3) is 0 Å². The molecular weight excluding hydrogens is 208 g/mol. The Hall–Kier alpha value is -0.0800. The van der Waals surface area contributed by atoms with Crippen LogP contribution in [-0.2, 0) is 0 Å². The molecule has 2 nitrogen and oxygen atoms in total. The normalized spacial score (nSPS) is 49.8. The summed E-state index contributed by atoms with van der Waals surface area (Å²) in [6.45, 7) is 6.44. The molecule has 1 saturated heterocycles. The van der Waals surface area contributed by atoms with E-state index in [0.717, 1.165) is 23.2 Å². The van der Waals surface area contributed by atoms with Gasteiger partial charge in [0.05, 0.1) is 0 Å². The van der Waals surface area contributed by atoms with E-state index in [0.29, 0.717) is 0 Å². The zero-order chi connectivity index (χ0) is 11.3. The van der Waals surface area contributed by atoms with Crippen LogP contribution in [0.1, 0.15) is 38.5 Å². The second kappa shape index (κ2) is 3.96. The fourth-order valence-electron chi connectivity index (χ4n) is 5.83. The lowest BCUT2D eigenvalue weighted by Gasteiger charge is -2.58. The molecule has 2 heteroatoms. The number of nitrogens with zero attached hydrogens (tertiary/aromatic N) is 1. The minimum atomic E-state index is 0.756. The molecule has 0 amide bonds. The lowest BCUT2D eigenvalue weighted by Crippen LogP contribution is -2.54. The van der Waals surface area contributed by atoms with Crippen LogP contribution in [0.2, 0.25) is 0 Å². The van der Waals surface area contributed by atoms with Crippen molar-refractivity contribution >= 4 is 0 Å². The first-order valence-corrected chi connectivity index (χ1v) is 7.74. The fourth-order valence-corrected chi connectivity index (χ4v) is 5.83. The fraction of sp³-hybridized carbons (Fsp3) is 1.00. The summed E-state index contributed by atoms with van der Waals surface area (Å²) in [5.41, 5.74) is 0.756. The molecule has 5 rings (SSSR count). The molecular formula is C15H26N2. The third-order valence-corrected chi connectivity index (χ3v) is 5.93. The smallest absolute Gasteiger partial charge is 0.0108 e. The molecule has 0 spiro atoms. The summed E-state index contributed by atoms with van der Waals surface area (Å²) in [5, 5.41) is 3.48. The molecule has 1 heterocycles. The summed E-state index contributed by atoms with van der Waals surface area (Å²) in [6, 6.07) is 0. The van der Waals surface area contributed by atoms with Crippen LogP contribution in [-0.4, -0.2) is 37.6 Å². The summed E-state index contributed by atoms with van der Waals surface area (Å²) in [5.74, 6) is 3.34. The van der Waals surface area contributed by atoms with Crippen molar-refractivity contribution in [2.24, 2.45) is 23.2 Å². The van der Waals surface area contributed by atoms with Crippen molar-refractivity contribution < 1.29 is 0 Å². The first-order valence-electron chi connectivity index (χ1n) is 7.74. The standard InChI is InChI=1S/C15H26N2/c1-3-17(4-2-16-1)11-15-8-12-5-13(9-15)7-14(6-12)10-15/h12-14,16H,1-11H2. The van der Waals surface area contributed by atoms with Crippen molar-refractivity contribution in [2.75, 3.05) is 32.7 Å². The molecule has 96 valence electrons. The van der Waals surface area contributed by atoms with Crippen molar-refractivity contribution in [2.45, 2.75) is 38.5 Å². The number of hydrogen-bond acceptors (Lipinski definition) is 2. The van der Waals surface area contributed by atoms with Crippen LogP contribution >= 0.6 is 0 Å². The zero-order valence-electron chi connectivity index (χ0n) is 11.0. The minimum Gasteiger partial charge on any atom is -0.314 e. The van der Waals surface area contributed by atoms with Gasteiger partial charge in [0.1, 0.15) is 0 Å². The Kier molecular flexibility index (Phi) is 2.52. The van der Waals surface area contributed by atoms with Crippen molar-refractivity contribution in [3.8, 4) is 0 Å². The van der Waals surface area contributed by atoms with Gasteiger partial charge < -0.3 is 10.2 Å². The number of hydrogen-bond donors (Lipinski definition) is 1. The van der Waals surface area contributed by atoms with E-state index in [1.54, 1.807) is 38.5 Å². The predicted molar refractivity (Wildman–Crippen MR) is 69.9 cm³/mol. The summed E-state index contributed by atoms with van der Waals surface area (Å²) < 4.78 is 0. The van der Waals surface area contributed by atoms with Gasteiger partial charge in [0, 0.05) is 32.7 Å². The van der Waals surface area contributed by atoms with Crippen LogP contribution in [0, 0.1) is 23.2 Å². The van der Waals surface area contributed by atoms with Gasteiger partial charge in [-0.2, -0.15) is 0 Å². The molecule has 0 atom stereocenters. The Balaban J connectivity index is 1.48. The third-order valence-electron chi connectivity index (χ3n) is 5.93. The monoisotopic (exact) mass is 234 g/mol. The Bertz CT molecular complexity index is 258. The van der Waals surface area contributed by atoms with Gasteiger partial charge in [0.2, 0.25) is 0 Å². The van der Waals surface area contributed by atoms with Gasteiger partial charge in [-0.3, -0.25) is 0 Å². The second-order valence-corrected chi connectivity index (χ2v) is 7.44. The van der Waals surface area contributed by atoms with Crippen LogP contribution in [0.5, 0.6) is 0 Å². The lowest BCUT2D eigenvalue weighted by molar-refractivity contribution is -0.0701. The van der Waals surface area contributed by atoms with Gasteiger partial charge in [-0.1, -0.05) is 0 Å². The summed E-state index contributed by atoms with van der Waals surface area (Å²) in [4.78, 5) is 2.75. The van der Waals surface area contributed by atoms with Crippen molar-refractivity contribution in [3.63, 3.8) is 0 Å². The quantitative estimate of drug-likeness (QED) is 0.787. The highest BCUT2D eigenvalue weighted by molar-refractivity contribution is 5.02. The van der Waals surface area contributed by atoms with E-state index in [4.69, 9.17) is 0 Å². The predicted octanol–water partition coefficient (Wildman–Crippen LogP) is 2.11. The molecule has 0 aromatic rings. The molecule has 0 unspecified atom stereocenters. The number of nitrogens with one attached hydrogen (secondary N) is 1. The molecule has 1 N–H and O–H groups in total. The first-order chi connectivity index (χ1) is 8.31. The zero-order valence-corrected chi connectivity index (χ0v) is 11.0. The average Bonchev–Trinajstić information content (AvgIpc) is 2.27. The molecule has 17 heavy (non-hydrogen) atoms. The van der Waals surface area contributed by atoms with Crippen molar-refractivity contribution in [1.29, 1.82) is 0 Å². The SMILES string of the molecule is C1CN(CC23CC4CC(CC(C4)C2)C3)CCN1. The van der Waals surface area contributed by atoms with E-state index in [-0.39, 0.29) is 0 Å². The van der Waals surface area contributed by atoms with Gasteiger partial charge >= 0.3 is 0 Å². The highest BCUT2D eigenvalue weighted by Gasteiger charge is 2.51. The summed E-state index contributed by atoms with van der Waals surface area (Å²) in [6.07, 6.45) is 9.47. The second-order valence-electron chi connectivity index (χ2n) is 7.44. The Morgan fingerprint density at radius 3 is 1.94 bits per heavy atom. The van der Waals surface area contributed by atoms with Gasteiger partial charge in [0.25, 0.3) is 0 Å². The summed E-state index contributed by atoms with van der Waals surface area (Å²) in [7, 11) is 0. The van der Waals surface area contributed by atoms with Gasteiger partial charge in [-0.25, -0.2) is 0 Å². The van der Waals surface area contributed by atoms with Crippen LogP contribution in [0.15, 0.2) is 0 Å². The highest BCUT2D eigenvalue weighted by Crippen LogP contribution is 2.60. The molecule has 0 aromatic carbocycles. The molecule has 0 radical (unpaired) electrons. The molecule has 4 saturated carbocycles. The van der Waals surface area contributed by atoms with Crippen molar-refractivity contribution in [1.82, 2.24) is 10.2 Å². The molecule has 4 aliphatic carbocycles. The van der Waals surface area contributed by atoms with E-state index < -0.39 is 0 Å². The van der Waals surface area contributed by atoms with E-state index >= 15 is 0 Å². The largest absolute Gasteiger partial charge is 0.314 e. The molecule has 1 aliphatic heterocycles. The third kappa shape index (κ3) is 1.94. The van der Waals surface area contributed by atoms with Gasteiger partial charge in [-0.15, -0.1) is 0 Å². The lowest BCUT2D eigenvalue weighted by atomic mass is 9.49. The van der Waals surface area contributed by atoms with E-state index in [9.17, 15) is 0 Å². The molecule has 5 aliphatic rings. The van der Waals surface area contributed by atoms with Crippen LogP contribution < -0.4 is 5.32 Å². The van der Waals surface area contributed by atoms with E-state index in [1.165, 1.54) is 32.7 Å². The maximum absolute atomic E-state index is 3.48. The van der Waals surface area contributed by atoms with E-state index in [1.807, 2.05) is 0 Å². The van der Waals surface area contributed by atoms with Gasteiger partial charge in [-0.05, 0) is 61.7 Å². The van der Waals surface area contributed by atoms with Crippen LogP contribution in [0.3, 0.4) is 0 Å². The molecule has 4 bridgehead atoms. The topological polar surface area (TPSA) is 15.3 Å². The average molecular weight is 234 g/mol.